The van der Waals surface area contributed by atoms with Crippen LogP contribution in [-0.2, 0) is 17.1 Å². The SMILES string of the molecule is CCN1CCN([C@@H](C)CNS(=O)(=O)c2ncn(C)c2Cl)CC1. The predicted molar refractivity (Wildman–Crippen MR) is 86.6 cm³/mol. The summed E-state index contributed by atoms with van der Waals surface area (Å²) < 4.78 is 28.6. The highest BCUT2D eigenvalue weighted by molar-refractivity contribution is 7.89. The normalized spacial score (nSPS) is 19.5. The molecule has 1 aromatic heterocycles. The van der Waals surface area contributed by atoms with Gasteiger partial charge in [-0.15, -0.1) is 0 Å². The van der Waals surface area contributed by atoms with Crippen LogP contribution in [0, 0.1) is 0 Å². The summed E-state index contributed by atoms with van der Waals surface area (Å²) in [4.78, 5) is 8.55. The first-order valence-corrected chi connectivity index (χ1v) is 9.34. The van der Waals surface area contributed by atoms with Gasteiger partial charge < -0.3 is 9.47 Å². The van der Waals surface area contributed by atoms with E-state index in [1.807, 2.05) is 6.92 Å². The van der Waals surface area contributed by atoms with Gasteiger partial charge in [-0.25, -0.2) is 18.1 Å². The monoisotopic (exact) mass is 349 g/mol. The van der Waals surface area contributed by atoms with Gasteiger partial charge in [-0.05, 0) is 13.5 Å². The average molecular weight is 350 g/mol. The first-order valence-electron chi connectivity index (χ1n) is 7.48. The lowest BCUT2D eigenvalue weighted by atomic mass is 10.2. The molecular weight excluding hydrogens is 326 g/mol. The number of hydrogen-bond acceptors (Lipinski definition) is 5. The molecule has 0 bridgehead atoms. The highest BCUT2D eigenvalue weighted by atomic mass is 35.5. The van der Waals surface area contributed by atoms with Crippen LogP contribution >= 0.6 is 11.6 Å². The quantitative estimate of drug-likeness (QED) is 0.804. The van der Waals surface area contributed by atoms with Crippen LogP contribution in [0.5, 0.6) is 0 Å². The van der Waals surface area contributed by atoms with Crippen LogP contribution in [-0.4, -0.2) is 73.1 Å². The first-order chi connectivity index (χ1) is 10.3. The van der Waals surface area contributed by atoms with Crippen molar-refractivity contribution in [3.05, 3.63) is 11.5 Å². The van der Waals surface area contributed by atoms with Gasteiger partial charge in [0.25, 0.3) is 10.0 Å². The number of hydrogen-bond donors (Lipinski definition) is 1. The summed E-state index contributed by atoms with van der Waals surface area (Å²) in [6.07, 6.45) is 1.39. The number of likely N-dealkylation sites (N-methyl/N-ethyl adjacent to an activating group) is 1. The molecule has 1 N–H and O–H groups in total. The van der Waals surface area contributed by atoms with E-state index in [9.17, 15) is 8.42 Å². The Labute approximate surface area is 137 Å². The highest BCUT2D eigenvalue weighted by Gasteiger charge is 2.25. The number of sulfonamides is 1. The summed E-state index contributed by atoms with van der Waals surface area (Å²) in [7, 11) is -2.01. The van der Waals surface area contributed by atoms with Gasteiger partial charge in [0.2, 0.25) is 5.03 Å². The molecule has 0 saturated carbocycles. The molecule has 2 rings (SSSR count). The molecule has 1 aliphatic heterocycles. The van der Waals surface area contributed by atoms with Crippen LogP contribution in [0.15, 0.2) is 11.4 Å². The molecule has 9 heteroatoms. The molecule has 0 aromatic carbocycles. The predicted octanol–water partition coefficient (Wildman–Crippen LogP) is 0.378. The maximum atomic E-state index is 12.3. The molecule has 1 aliphatic rings. The largest absolute Gasteiger partial charge is 0.324 e. The van der Waals surface area contributed by atoms with Crippen LogP contribution in [0.2, 0.25) is 5.15 Å². The fourth-order valence-electron chi connectivity index (χ4n) is 2.52. The number of piperazine rings is 1. The second kappa shape index (κ2) is 7.27. The minimum atomic E-state index is -3.67. The summed E-state index contributed by atoms with van der Waals surface area (Å²) in [5.41, 5.74) is 0. The molecular formula is C13H24ClN5O2S. The van der Waals surface area contributed by atoms with Gasteiger partial charge in [0.1, 0.15) is 5.15 Å². The van der Waals surface area contributed by atoms with Crippen molar-refractivity contribution >= 4 is 21.6 Å². The van der Waals surface area contributed by atoms with E-state index in [1.165, 1.54) is 10.9 Å². The molecule has 2 heterocycles. The van der Waals surface area contributed by atoms with Crippen molar-refractivity contribution in [2.24, 2.45) is 7.05 Å². The van der Waals surface area contributed by atoms with Crippen LogP contribution in [0.1, 0.15) is 13.8 Å². The van der Waals surface area contributed by atoms with E-state index in [4.69, 9.17) is 11.6 Å². The Morgan fingerprint density at radius 2 is 2.00 bits per heavy atom. The Kier molecular flexibility index (Phi) is 5.84. The lowest BCUT2D eigenvalue weighted by Gasteiger charge is -2.37. The summed E-state index contributed by atoms with van der Waals surface area (Å²) in [5, 5.41) is 0.0105. The van der Waals surface area contributed by atoms with Crippen LogP contribution in [0.3, 0.4) is 0 Å². The van der Waals surface area contributed by atoms with E-state index in [1.54, 1.807) is 7.05 Å². The smallest absolute Gasteiger partial charge is 0.261 e. The summed E-state index contributed by atoms with van der Waals surface area (Å²) in [6.45, 7) is 9.57. The number of nitrogens with zero attached hydrogens (tertiary/aromatic N) is 4. The summed E-state index contributed by atoms with van der Waals surface area (Å²) >= 11 is 5.95. The van der Waals surface area contributed by atoms with Crippen molar-refractivity contribution in [1.82, 2.24) is 24.1 Å². The topological polar surface area (TPSA) is 70.5 Å². The highest BCUT2D eigenvalue weighted by Crippen LogP contribution is 2.18. The average Bonchev–Trinajstić information content (AvgIpc) is 2.85. The maximum absolute atomic E-state index is 12.3. The van der Waals surface area contributed by atoms with Crippen molar-refractivity contribution in [1.29, 1.82) is 0 Å². The van der Waals surface area contributed by atoms with Gasteiger partial charge in [0, 0.05) is 45.8 Å². The van der Waals surface area contributed by atoms with Crippen molar-refractivity contribution < 1.29 is 8.42 Å². The first kappa shape index (κ1) is 17.7. The van der Waals surface area contributed by atoms with Gasteiger partial charge in [-0.3, -0.25) is 4.90 Å². The molecule has 126 valence electrons. The molecule has 1 atom stereocenters. The summed E-state index contributed by atoms with van der Waals surface area (Å²) in [5.74, 6) is 0. The van der Waals surface area contributed by atoms with Crippen LogP contribution in [0.4, 0.5) is 0 Å². The van der Waals surface area contributed by atoms with E-state index >= 15 is 0 Å². The molecule has 1 aromatic rings. The number of aromatic nitrogens is 2. The van der Waals surface area contributed by atoms with Crippen LogP contribution < -0.4 is 4.72 Å². The third kappa shape index (κ3) is 3.99. The van der Waals surface area contributed by atoms with Gasteiger partial charge in [0.15, 0.2) is 0 Å². The van der Waals surface area contributed by atoms with E-state index in [0.29, 0.717) is 6.54 Å². The molecule has 22 heavy (non-hydrogen) atoms. The fraction of sp³-hybridized carbons (Fsp3) is 0.769. The lowest BCUT2D eigenvalue weighted by molar-refractivity contribution is 0.107. The molecule has 0 radical (unpaired) electrons. The minimum Gasteiger partial charge on any atom is -0.324 e. The van der Waals surface area contributed by atoms with Gasteiger partial charge in [-0.2, -0.15) is 0 Å². The van der Waals surface area contributed by atoms with E-state index in [0.717, 1.165) is 32.7 Å². The molecule has 7 nitrogen and oxygen atoms in total. The Hall–Kier alpha value is -0.670. The third-order valence-electron chi connectivity index (χ3n) is 4.14. The number of imidazole rings is 1. The second-order valence-electron chi connectivity index (χ2n) is 5.62. The minimum absolute atomic E-state index is 0.111. The maximum Gasteiger partial charge on any atom is 0.261 e. The molecule has 1 fully saturated rings. The molecule has 1 saturated heterocycles. The Bertz CT molecular complexity index is 596. The standard InChI is InChI=1S/C13H24ClN5O2S/c1-4-18-5-7-19(8-6-18)11(2)9-16-22(20,21)13-12(14)17(3)10-15-13/h10-11,16H,4-9H2,1-3H3/t11-/m0/s1. The van der Waals surface area contributed by atoms with E-state index < -0.39 is 10.0 Å². The molecule has 0 amide bonds. The number of aryl methyl sites for hydroxylation is 1. The zero-order chi connectivity index (χ0) is 16.3. The zero-order valence-electron chi connectivity index (χ0n) is 13.3. The zero-order valence-corrected chi connectivity index (χ0v) is 14.9. The van der Waals surface area contributed by atoms with Crippen LogP contribution in [0.25, 0.3) is 0 Å². The van der Waals surface area contributed by atoms with Crippen molar-refractivity contribution in [3.63, 3.8) is 0 Å². The third-order valence-corrected chi connectivity index (χ3v) is 6.05. The molecule has 0 unspecified atom stereocenters. The van der Waals surface area contributed by atoms with Crippen molar-refractivity contribution in [2.45, 2.75) is 24.9 Å². The fourth-order valence-corrected chi connectivity index (χ4v) is 4.07. The number of halogens is 1. The Balaban J connectivity index is 1.91. The number of rotatable bonds is 6. The Morgan fingerprint density at radius 3 is 2.50 bits per heavy atom. The lowest BCUT2D eigenvalue weighted by Crippen LogP contribution is -2.52. The second-order valence-corrected chi connectivity index (χ2v) is 7.66. The molecule has 0 spiro atoms. The van der Waals surface area contributed by atoms with Crippen molar-refractivity contribution in [3.8, 4) is 0 Å². The Morgan fingerprint density at radius 1 is 1.36 bits per heavy atom. The van der Waals surface area contributed by atoms with Gasteiger partial charge in [-0.1, -0.05) is 18.5 Å². The molecule has 0 aliphatic carbocycles. The van der Waals surface area contributed by atoms with Gasteiger partial charge >= 0.3 is 0 Å². The van der Waals surface area contributed by atoms with E-state index in [2.05, 4.69) is 26.4 Å². The van der Waals surface area contributed by atoms with Crippen molar-refractivity contribution in [2.75, 3.05) is 39.3 Å². The number of nitrogens with one attached hydrogen (secondary N) is 1. The van der Waals surface area contributed by atoms with E-state index in [-0.39, 0.29) is 16.2 Å². The summed E-state index contributed by atoms with van der Waals surface area (Å²) in [6, 6.07) is 0.135. The van der Waals surface area contributed by atoms with Gasteiger partial charge in [0.05, 0.1) is 6.33 Å².